The standard InChI is InChI=1S/C20H27N5O2/c1-16-23-18(17-4-2-3-7-21-17)14-19(24-16)22-15-20(5-10-26-11-6-20)25-8-12-27-13-9-25/h2-4,7,14H,5-6,8-13,15H2,1H3,(H,22,23,24). The minimum absolute atomic E-state index is 0.0893. The molecular formula is C20H27N5O2. The van der Waals surface area contributed by atoms with Gasteiger partial charge in [0.05, 0.1) is 24.6 Å². The zero-order valence-corrected chi connectivity index (χ0v) is 15.9. The molecule has 0 aromatic carbocycles. The highest BCUT2D eigenvalue weighted by molar-refractivity contribution is 5.58. The number of aryl methyl sites for hydroxylation is 1. The lowest BCUT2D eigenvalue weighted by Gasteiger charge is -2.48. The Labute approximate surface area is 160 Å². The monoisotopic (exact) mass is 369 g/mol. The summed E-state index contributed by atoms with van der Waals surface area (Å²) < 4.78 is 11.2. The summed E-state index contributed by atoms with van der Waals surface area (Å²) in [5.74, 6) is 1.59. The summed E-state index contributed by atoms with van der Waals surface area (Å²) in [6, 6.07) is 7.84. The highest BCUT2D eigenvalue weighted by Crippen LogP contribution is 2.29. The molecule has 0 amide bonds. The number of rotatable bonds is 5. The Kier molecular flexibility index (Phi) is 5.61. The molecule has 0 atom stereocenters. The van der Waals surface area contributed by atoms with Gasteiger partial charge in [-0.1, -0.05) is 6.07 Å². The van der Waals surface area contributed by atoms with Crippen molar-refractivity contribution in [3.63, 3.8) is 0 Å². The van der Waals surface area contributed by atoms with Crippen molar-refractivity contribution in [1.82, 2.24) is 19.9 Å². The molecule has 2 aliphatic heterocycles. The van der Waals surface area contributed by atoms with E-state index >= 15 is 0 Å². The summed E-state index contributed by atoms with van der Waals surface area (Å²) >= 11 is 0. The van der Waals surface area contributed by atoms with E-state index in [1.54, 1.807) is 6.20 Å². The average Bonchev–Trinajstić information content (AvgIpc) is 2.74. The van der Waals surface area contributed by atoms with Gasteiger partial charge in [-0.3, -0.25) is 9.88 Å². The molecule has 0 unspecified atom stereocenters. The SMILES string of the molecule is Cc1nc(NCC2(N3CCOCC3)CCOCC2)cc(-c2ccccn2)n1. The van der Waals surface area contributed by atoms with Crippen molar-refractivity contribution in [3.05, 3.63) is 36.3 Å². The van der Waals surface area contributed by atoms with Gasteiger partial charge in [0.25, 0.3) is 0 Å². The molecule has 1 N–H and O–H groups in total. The number of pyridine rings is 1. The fraction of sp³-hybridized carbons (Fsp3) is 0.550. The second-order valence-electron chi connectivity index (χ2n) is 7.19. The van der Waals surface area contributed by atoms with Gasteiger partial charge in [0.15, 0.2) is 0 Å². The smallest absolute Gasteiger partial charge is 0.130 e. The van der Waals surface area contributed by atoms with Gasteiger partial charge in [-0.25, -0.2) is 9.97 Å². The van der Waals surface area contributed by atoms with Gasteiger partial charge in [-0.05, 0) is 31.9 Å². The van der Waals surface area contributed by atoms with Crippen molar-refractivity contribution in [2.75, 3.05) is 51.4 Å². The molecule has 2 aliphatic rings. The van der Waals surface area contributed by atoms with Gasteiger partial charge in [0.2, 0.25) is 0 Å². The first-order valence-electron chi connectivity index (χ1n) is 9.67. The number of hydrogen-bond acceptors (Lipinski definition) is 7. The maximum atomic E-state index is 5.64. The quantitative estimate of drug-likeness (QED) is 0.866. The van der Waals surface area contributed by atoms with E-state index in [2.05, 4.69) is 25.2 Å². The van der Waals surface area contributed by atoms with Crippen molar-refractivity contribution < 1.29 is 9.47 Å². The van der Waals surface area contributed by atoms with Gasteiger partial charge < -0.3 is 14.8 Å². The molecule has 2 saturated heterocycles. The lowest BCUT2D eigenvalue weighted by atomic mass is 9.87. The maximum absolute atomic E-state index is 5.64. The van der Waals surface area contributed by atoms with Crippen LogP contribution in [0.15, 0.2) is 30.5 Å². The Morgan fingerprint density at radius 2 is 1.81 bits per heavy atom. The topological polar surface area (TPSA) is 72.4 Å². The molecule has 7 nitrogen and oxygen atoms in total. The molecule has 4 heterocycles. The molecule has 2 fully saturated rings. The van der Waals surface area contributed by atoms with E-state index in [0.29, 0.717) is 0 Å². The molecule has 0 radical (unpaired) electrons. The lowest BCUT2D eigenvalue weighted by Crippen LogP contribution is -2.59. The van der Waals surface area contributed by atoms with Gasteiger partial charge in [-0.2, -0.15) is 0 Å². The largest absolute Gasteiger partial charge is 0.381 e. The summed E-state index contributed by atoms with van der Waals surface area (Å²) in [7, 11) is 0. The molecule has 144 valence electrons. The second kappa shape index (κ2) is 8.29. The van der Waals surface area contributed by atoms with Crippen LogP contribution in [0.5, 0.6) is 0 Å². The molecule has 2 aromatic rings. The average molecular weight is 369 g/mol. The Morgan fingerprint density at radius 1 is 1.04 bits per heavy atom. The van der Waals surface area contributed by atoms with Crippen LogP contribution in [0, 0.1) is 6.92 Å². The van der Waals surface area contributed by atoms with E-state index in [-0.39, 0.29) is 5.54 Å². The normalized spacial score (nSPS) is 20.3. The molecule has 0 spiro atoms. The Hall–Kier alpha value is -2.09. The van der Waals surface area contributed by atoms with E-state index in [1.165, 1.54) is 0 Å². The van der Waals surface area contributed by atoms with Crippen LogP contribution in [0.2, 0.25) is 0 Å². The first-order valence-corrected chi connectivity index (χ1v) is 9.67. The maximum Gasteiger partial charge on any atom is 0.130 e. The predicted molar refractivity (Wildman–Crippen MR) is 104 cm³/mol. The number of hydrogen-bond donors (Lipinski definition) is 1. The van der Waals surface area contributed by atoms with Gasteiger partial charge in [-0.15, -0.1) is 0 Å². The van der Waals surface area contributed by atoms with Crippen LogP contribution < -0.4 is 5.32 Å². The third-order valence-electron chi connectivity index (χ3n) is 5.47. The third kappa shape index (κ3) is 4.26. The first kappa shape index (κ1) is 18.3. The Balaban J connectivity index is 1.53. The molecule has 7 heteroatoms. The highest BCUT2D eigenvalue weighted by Gasteiger charge is 2.39. The van der Waals surface area contributed by atoms with Crippen molar-refractivity contribution >= 4 is 5.82 Å². The molecule has 0 saturated carbocycles. The first-order chi connectivity index (χ1) is 13.3. The van der Waals surface area contributed by atoms with E-state index in [0.717, 1.165) is 81.9 Å². The van der Waals surface area contributed by atoms with Crippen LogP contribution in [0.25, 0.3) is 11.4 Å². The van der Waals surface area contributed by atoms with Crippen molar-refractivity contribution in [2.45, 2.75) is 25.3 Å². The third-order valence-corrected chi connectivity index (χ3v) is 5.47. The number of nitrogens with one attached hydrogen (secondary N) is 1. The van der Waals surface area contributed by atoms with E-state index in [9.17, 15) is 0 Å². The minimum Gasteiger partial charge on any atom is -0.381 e. The van der Waals surface area contributed by atoms with E-state index < -0.39 is 0 Å². The number of aromatic nitrogens is 3. The summed E-state index contributed by atoms with van der Waals surface area (Å²) in [5, 5.41) is 3.59. The minimum atomic E-state index is 0.0893. The Morgan fingerprint density at radius 3 is 2.56 bits per heavy atom. The van der Waals surface area contributed by atoms with Crippen molar-refractivity contribution in [2.24, 2.45) is 0 Å². The van der Waals surface area contributed by atoms with E-state index in [4.69, 9.17) is 9.47 Å². The van der Waals surface area contributed by atoms with Crippen LogP contribution in [-0.2, 0) is 9.47 Å². The zero-order chi connectivity index (χ0) is 18.5. The van der Waals surface area contributed by atoms with Crippen LogP contribution in [0.4, 0.5) is 5.82 Å². The molecule has 27 heavy (non-hydrogen) atoms. The Bertz CT molecular complexity index is 743. The summed E-state index contributed by atoms with van der Waals surface area (Å²) in [6.07, 6.45) is 3.84. The van der Waals surface area contributed by atoms with Crippen LogP contribution >= 0.6 is 0 Å². The van der Waals surface area contributed by atoms with Crippen molar-refractivity contribution in [1.29, 1.82) is 0 Å². The molecule has 0 bridgehead atoms. The number of anilines is 1. The van der Waals surface area contributed by atoms with Crippen LogP contribution in [-0.4, -0.2) is 71.5 Å². The van der Waals surface area contributed by atoms with Crippen LogP contribution in [0.3, 0.4) is 0 Å². The van der Waals surface area contributed by atoms with Gasteiger partial charge in [0, 0.05) is 50.7 Å². The molecule has 2 aromatic heterocycles. The van der Waals surface area contributed by atoms with Crippen LogP contribution in [0.1, 0.15) is 18.7 Å². The number of nitrogens with zero attached hydrogens (tertiary/aromatic N) is 4. The lowest BCUT2D eigenvalue weighted by molar-refractivity contribution is -0.0653. The van der Waals surface area contributed by atoms with Gasteiger partial charge >= 0.3 is 0 Å². The van der Waals surface area contributed by atoms with E-state index in [1.807, 2.05) is 31.2 Å². The number of ether oxygens (including phenoxy) is 2. The van der Waals surface area contributed by atoms with Gasteiger partial charge in [0.1, 0.15) is 11.6 Å². The predicted octanol–water partition coefficient (Wildman–Crippen LogP) is 2.14. The zero-order valence-electron chi connectivity index (χ0n) is 15.9. The fourth-order valence-corrected chi connectivity index (χ4v) is 3.95. The summed E-state index contributed by atoms with van der Waals surface area (Å²) in [6.45, 7) is 7.94. The summed E-state index contributed by atoms with van der Waals surface area (Å²) in [5.41, 5.74) is 1.80. The van der Waals surface area contributed by atoms with Crippen molar-refractivity contribution in [3.8, 4) is 11.4 Å². The molecule has 0 aliphatic carbocycles. The molecule has 4 rings (SSSR count). The summed E-state index contributed by atoms with van der Waals surface area (Å²) in [4.78, 5) is 16.1. The number of morpholine rings is 1. The molecular weight excluding hydrogens is 342 g/mol. The fourth-order valence-electron chi connectivity index (χ4n) is 3.95. The second-order valence-corrected chi connectivity index (χ2v) is 7.19. The highest BCUT2D eigenvalue weighted by atomic mass is 16.5.